The van der Waals surface area contributed by atoms with Gasteiger partial charge in [0.1, 0.15) is 0 Å². The number of aliphatic carboxylic acids is 1. The molecule has 1 heterocycles. The Balaban J connectivity index is 2.57. The standard InChI is InChI=1S/C10H17N5O3/c1-10(2,9(17)18)6-12-8(16)7-5-15(4-3-11)14-13-7/h5H,3-4,6,11H2,1-2H3,(H,12,16)(H,17,18). The summed E-state index contributed by atoms with van der Waals surface area (Å²) >= 11 is 0. The van der Waals surface area contributed by atoms with Gasteiger partial charge in [0.25, 0.3) is 5.91 Å². The summed E-state index contributed by atoms with van der Waals surface area (Å²) in [5, 5.41) is 18.8. The number of nitrogens with zero attached hydrogens (tertiary/aromatic N) is 3. The average molecular weight is 255 g/mol. The lowest BCUT2D eigenvalue weighted by Gasteiger charge is -2.18. The molecular formula is C10H17N5O3. The van der Waals surface area contributed by atoms with E-state index in [0.717, 1.165) is 0 Å². The third-order valence-electron chi connectivity index (χ3n) is 2.40. The van der Waals surface area contributed by atoms with Crippen LogP contribution < -0.4 is 11.1 Å². The number of rotatable bonds is 6. The fraction of sp³-hybridized carbons (Fsp3) is 0.600. The highest BCUT2D eigenvalue weighted by molar-refractivity contribution is 5.92. The molecule has 0 saturated carbocycles. The van der Waals surface area contributed by atoms with Crippen molar-refractivity contribution in [2.24, 2.45) is 11.1 Å². The van der Waals surface area contributed by atoms with E-state index in [-0.39, 0.29) is 12.2 Å². The van der Waals surface area contributed by atoms with E-state index >= 15 is 0 Å². The first kappa shape index (κ1) is 14.1. The Morgan fingerprint density at radius 2 is 2.22 bits per heavy atom. The van der Waals surface area contributed by atoms with E-state index in [0.29, 0.717) is 13.1 Å². The van der Waals surface area contributed by atoms with E-state index in [2.05, 4.69) is 15.6 Å². The maximum Gasteiger partial charge on any atom is 0.310 e. The minimum atomic E-state index is -1.02. The van der Waals surface area contributed by atoms with Crippen LogP contribution in [0.2, 0.25) is 0 Å². The highest BCUT2D eigenvalue weighted by Crippen LogP contribution is 2.13. The van der Waals surface area contributed by atoms with Crippen molar-refractivity contribution < 1.29 is 14.7 Å². The molecule has 0 bridgehead atoms. The van der Waals surface area contributed by atoms with Gasteiger partial charge >= 0.3 is 5.97 Å². The zero-order valence-electron chi connectivity index (χ0n) is 10.4. The van der Waals surface area contributed by atoms with Crippen molar-refractivity contribution in [1.82, 2.24) is 20.3 Å². The van der Waals surface area contributed by atoms with E-state index < -0.39 is 17.3 Å². The second kappa shape index (κ2) is 5.58. The van der Waals surface area contributed by atoms with Gasteiger partial charge in [0.05, 0.1) is 18.2 Å². The van der Waals surface area contributed by atoms with Crippen molar-refractivity contribution in [2.75, 3.05) is 13.1 Å². The number of hydrogen-bond donors (Lipinski definition) is 3. The highest BCUT2D eigenvalue weighted by Gasteiger charge is 2.28. The molecule has 0 radical (unpaired) electrons. The molecule has 8 nitrogen and oxygen atoms in total. The van der Waals surface area contributed by atoms with Crippen molar-refractivity contribution >= 4 is 11.9 Å². The summed E-state index contributed by atoms with van der Waals surface area (Å²) < 4.78 is 1.46. The lowest BCUT2D eigenvalue weighted by molar-refractivity contribution is -0.146. The van der Waals surface area contributed by atoms with Gasteiger partial charge in [0.2, 0.25) is 0 Å². The van der Waals surface area contributed by atoms with Gasteiger partial charge in [-0.15, -0.1) is 5.10 Å². The van der Waals surface area contributed by atoms with Gasteiger partial charge in [0.15, 0.2) is 5.69 Å². The Bertz CT molecular complexity index is 440. The number of carbonyl (C=O) groups excluding carboxylic acids is 1. The summed E-state index contributed by atoms with van der Waals surface area (Å²) in [6.07, 6.45) is 1.47. The maximum absolute atomic E-state index is 11.7. The SMILES string of the molecule is CC(C)(CNC(=O)c1cn(CCN)nn1)C(=O)O. The fourth-order valence-corrected chi connectivity index (χ4v) is 1.11. The monoisotopic (exact) mass is 255 g/mol. The number of carbonyl (C=O) groups is 2. The first-order valence-corrected chi connectivity index (χ1v) is 5.48. The molecule has 0 aliphatic carbocycles. The van der Waals surface area contributed by atoms with E-state index in [1.54, 1.807) is 0 Å². The van der Waals surface area contributed by atoms with Crippen molar-refractivity contribution in [3.63, 3.8) is 0 Å². The normalized spacial score (nSPS) is 11.3. The average Bonchev–Trinajstić information content (AvgIpc) is 2.75. The molecule has 100 valence electrons. The third-order valence-corrected chi connectivity index (χ3v) is 2.40. The molecule has 1 rings (SSSR count). The lowest BCUT2D eigenvalue weighted by atomic mass is 9.94. The number of carboxylic acids is 1. The highest BCUT2D eigenvalue weighted by atomic mass is 16.4. The summed E-state index contributed by atoms with van der Waals surface area (Å²) in [5.74, 6) is -1.43. The number of hydrogen-bond acceptors (Lipinski definition) is 5. The van der Waals surface area contributed by atoms with Gasteiger partial charge in [-0.25, -0.2) is 0 Å². The Morgan fingerprint density at radius 1 is 1.56 bits per heavy atom. The molecule has 0 fully saturated rings. The minimum absolute atomic E-state index is 0.0188. The molecule has 0 atom stereocenters. The first-order chi connectivity index (χ1) is 8.36. The maximum atomic E-state index is 11.7. The van der Waals surface area contributed by atoms with E-state index in [1.807, 2.05) is 0 Å². The van der Waals surface area contributed by atoms with Crippen LogP contribution in [-0.2, 0) is 11.3 Å². The Hall–Kier alpha value is -1.96. The van der Waals surface area contributed by atoms with E-state index in [4.69, 9.17) is 10.8 Å². The quantitative estimate of drug-likeness (QED) is 0.604. The summed E-state index contributed by atoms with van der Waals surface area (Å²) in [6.45, 7) is 3.95. The van der Waals surface area contributed by atoms with Gasteiger partial charge in [-0.1, -0.05) is 5.21 Å². The van der Waals surface area contributed by atoms with Crippen LogP contribution in [-0.4, -0.2) is 45.1 Å². The first-order valence-electron chi connectivity index (χ1n) is 5.48. The second-order valence-corrected chi connectivity index (χ2v) is 4.53. The van der Waals surface area contributed by atoms with Gasteiger partial charge < -0.3 is 16.2 Å². The van der Waals surface area contributed by atoms with Crippen LogP contribution in [0.1, 0.15) is 24.3 Å². The number of amides is 1. The van der Waals surface area contributed by atoms with Crippen LogP contribution in [0.15, 0.2) is 6.20 Å². The summed E-state index contributed by atoms with van der Waals surface area (Å²) in [6, 6.07) is 0. The molecular weight excluding hydrogens is 238 g/mol. The molecule has 1 aromatic rings. The van der Waals surface area contributed by atoms with Crippen molar-refractivity contribution in [1.29, 1.82) is 0 Å². The summed E-state index contributed by atoms with van der Waals surface area (Å²) in [4.78, 5) is 22.5. The fourth-order valence-electron chi connectivity index (χ4n) is 1.11. The van der Waals surface area contributed by atoms with Crippen molar-refractivity contribution in [2.45, 2.75) is 20.4 Å². The Kier molecular flexibility index (Phi) is 4.38. The number of carboxylic acid groups (broad SMARTS) is 1. The predicted molar refractivity (Wildman–Crippen MR) is 62.8 cm³/mol. The number of nitrogens with two attached hydrogens (primary N) is 1. The van der Waals surface area contributed by atoms with E-state index in [9.17, 15) is 9.59 Å². The molecule has 0 saturated heterocycles. The van der Waals surface area contributed by atoms with Gasteiger partial charge in [-0.05, 0) is 13.8 Å². The van der Waals surface area contributed by atoms with Gasteiger partial charge in [-0.2, -0.15) is 0 Å². The Morgan fingerprint density at radius 3 is 2.78 bits per heavy atom. The van der Waals surface area contributed by atoms with Crippen LogP contribution >= 0.6 is 0 Å². The minimum Gasteiger partial charge on any atom is -0.481 e. The third kappa shape index (κ3) is 3.52. The molecule has 1 aromatic heterocycles. The number of nitrogens with one attached hydrogen (secondary N) is 1. The van der Waals surface area contributed by atoms with Gasteiger partial charge in [0, 0.05) is 13.1 Å². The molecule has 8 heteroatoms. The van der Waals surface area contributed by atoms with Crippen LogP contribution in [0, 0.1) is 5.41 Å². The smallest absolute Gasteiger partial charge is 0.310 e. The molecule has 0 unspecified atom stereocenters. The Labute approximate surface area is 104 Å². The molecule has 0 aliphatic heterocycles. The van der Waals surface area contributed by atoms with E-state index in [1.165, 1.54) is 24.7 Å². The van der Waals surface area contributed by atoms with Crippen LogP contribution in [0.4, 0.5) is 0 Å². The lowest BCUT2D eigenvalue weighted by Crippen LogP contribution is -2.39. The molecule has 4 N–H and O–H groups in total. The van der Waals surface area contributed by atoms with Crippen LogP contribution in [0.5, 0.6) is 0 Å². The topological polar surface area (TPSA) is 123 Å². The second-order valence-electron chi connectivity index (χ2n) is 4.53. The molecule has 0 spiro atoms. The van der Waals surface area contributed by atoms with Crippen LogP contribution in [0.3, 0.4) is 0 Å². The number of aromatic nitrogens is 3. The molecule has 1 amide bonds. The zero-order chi connectivity index (χ0) is 13.8. The molecule has 0 aromatic carbocycles. The molecule has 0 aliphatic rings. The van der Waals surface area contributed by atoms with Crippen LogP contribution in [0.25, 0.3) is 0 Å². The predicted octanol–water partition coefficient (Wildman–Crippen LogP) is -0.923. The largest absolute Gasteiger partial charge is 0.481 e. The van der Waals surface area contributed by atoms with Crippen molar-refractivity contribution in [3.8, 4) is 0 Å². The summed E-state index contributed by atoms with van der Waals surface area (Å²) in [7, 11) is 0. The molecule has 18 heavy (non-hydrogen) atoms. The van der Waals surface area contributed by atoms with Gasteiger partial charge in [-0.3, -0.25) is 14.3 Å². The summed E-state index contributed by atoms with van der Waals surface area (Å²) in [5.41, 5.74) is 4.46. The van der Waals surface area contributed by atoms with Crippen molar-refractivity contribution in [3.05, 3.63) is 11.9 Å². The zero-order valence-corrected chi connectivity index (χ0v) is 10.4.